The minimum absolute atomic E-state index is 0.0407. The second-order valence-electron chi connectivity index (χ2n) is 5.46. The van der Waals surface area contributed by atoms with Crippen molar-refractivity contribution in [2.75, 3.05) is 25.5 Å². The lowest BCUT2D eigenvalue weighted by atomic mass is 10.1. The number of anilines is 1. The van der Waals surface area contributed by atoms with Crippen molar-refractivity contribution in [3.63, 3.8) is 0 Å². The van der Waals surface area contributed by atoms with E-state index in [0.29, 0.717) is 24.4 Å². The molecule has 0 saturated heterocycles. The van der Waals surface area contributed by atoms with Gasteiger partial charge in [0.2, 0.25) is 5.91 Å². The Labute approximate surface area is 146 Å². The van der Waals surface area contributed by atoms with E-state index in [2.05, 4.69) is 5.32 Å². The smallest absolute Gasteiger partial charge is 0.257 e. The molecule has 0 fully saturated rings. The number of benzene rings is 2. The van der Waals surface area contributed by atoms with Crippen LogP contribution in [0.15, 0.2) is 48.5 Å². The van der Waals surface area contributed by atoms with E-state index < -0.39 is 11.7 Å². The zero-order valence-electron chi connectivity index (χ0n) is 14.3. The van der Waals surface area contributed by atoms with Gasteiger partial charge in [-0.15, -0.1) is 0 Å². The van der Waals surface area contributed by atoms with Crippen LogP contribution in [0.2, 0.25) is 0 Å². The molecule has 2 amide bonds. The topological polar surface area (TPSA) is 58.6 Å². The van der Waals surface area contributed by atoms with E-state index in [1.807, 2.05) is 6.92 Å². The van der Waals surface area contributed by atoms with Crippen LogP contribution in [0.1, 0.15) is 23.7 Å². The Hall–Kier alpha value is -2.89. The summed E-state index contributed by atoms with van der Waals surface area (Å²) in [5.74, 6) is -0.949. The molecule has 2 aromatic carbocycles. The summed E-state index contributed by atoms with van der Waals surface area (Å²) in [6.07, 6.45) is 0.655. The van der Waals surface area contributed by atoms with Gasteiger partial charge in [-0.3, -0.25) is 9.59 Å². The zero-order valence-corrected chi connectivity index (χ0v) is 14.3. The highest BCUT2D eigenvalue weighted by atomic mass is 19.1. The first kappa shape index (κ1) is 18.4. The molecular weight excluding hydrogens is 323 g/mol. The van der Waals surface area contributed by atoms with Crippen LogP contribution in [-0.4, -0.2) is 36.9 Å². The van der Waals surface area contributed by atoms with Crippen molar-refractivity contribution in [2.24, 2.45) is 0 Å². The Morgan fingerprint density at radius 1 is 1.12 bits per heavy atom. The van der Waals surface area contributed by atoms with E-state index in [0.717, 1.165) is 0 Å². The van der Waals surface area contributed by atoms with Crippen LogP contribution in [0.5, 0.6) is 5.75 Å². The first-order valence-corrected chi connectivity index (χ1v) is 8.03. The lowest BCUT2D eigenvalue weighted by Gasteiger charge is -2.22. The van der Waals surface area contributed by atoms with E-state index in [9.17, 15) is 14.0 Å². The molecule has 2 rings (SSSR count). The number of nitrogens with zero attached hydrogens (tertiary/aromatic N) is 1. The molecule has 0 aromatic heterocycles. The zero-order chi connectivity index (χ0) is 18.2. The second-order valence-corrected chi connectivity index (χ2v) is 5.46. The van der Waals surface area contributed by atoms with Gasteiger partial charge in [0.15, 0.2) is 0 Å². The molecule has 0 unspecified atom stereocenters. The second kappa shape index (κ2) is 8.82. The SMILES string of the molecule is CCCN(CC(=O)Nc1ccccc1OC)C(=O)c1ccccc1F. The predicted octanol–water partition coefficient (Wildman–Crippen LogP) is 3.33. The lowest BCUT2D eigenvalue weighted by Crippen LogP contribution is -2.39. The molecule has 1 N–H and O–H groups in total. The number of halogens is 1. The van der Waals surface area contributed by atoms with E-state index in [4.69, 9.17) is 4.74 Å². The van der Waals surface area contributed by atoms with Crippen LogP contribution in [0.4, 0.5) is 10.1 Å². The molecule has 0 spiro atoms. The third-order valence-corrected chi connectivity index (χ3v) is 3.60. The number of rotatable bonds is 7. The fourth-order valence-corrected chi connectivity index (χ4v) is 2.44. The number of carbonyl (C=O) groups is 2. The maximum Gasteiger partial charge on any atom is 0.257 e. The summed E-state index contributed by atoms with van der Waals surface area (Å²) in [5.41, 5.74) is 0.478. The van der Waals surface area contributed by atoms with Crippen molar-refractivity contribution in [3.05, 3.63) is 59.9 Å². The van der Waals surface area contributed by atoms with Crippen molar-refractivity contribution in [1.82, 2.24) is 4.90 Å². The van der Waals surface area contributed by atoms with E-state index in [1.54, 1.807) is 30.3 Å². The number of nitrogens with one attached hydrogen (secondary N) is 1. The van der Waals surface area contributed by atoms with E-state index in [1.165, 1.54) is 30.2 Å². The summed E-state index contributed by atoms with van der Waals surface area (Å²) in [5, 5.41) is 2.72. The molecule has 0 bridgehead atoms. The van der Waals surface area contributed by atoms with E-state index in [-0.39, 0.29) is 18.0 Å². The number of carbonyl (C=O) groups excluding carboxylic acids is 2. The average molecular weight is 344 g/mol. The highest BCUT2D eigenvalue weighted by molar-refractivity contribution is 6.00. The molecule has 0 radical (unpaired) electrons. The molecule has 0 heterocycles. The van der Waals surface area contributed by atoms with Gasteiger partial charge in [0, 0.05) is 6.54 Å². The highest BCUT2D eigenvalue weighted by Gasteiger charge is 2.21. The van der Waals surface area contributed by atoms with Gasteiger partial charge in [-0.2, -0.15) is 0 Å². The Balaban J connectivity index is 2.12. The van der Waals surface area contributed by atoms with Crippen LogP contribution in [0, 0.1) is 5.82 Å². The van der Waals surface area contributed by atoms with Crippen LogP contribution in [0.25, 0.3) is 0 Å². The van der Waals surface area contributed by atoms with Crippen LogP contribution < -0.4 is 10.1 Å². The predicted molar refractivity (Wildman–Crippen MR) is 94.2 cm³/mol. The highest BCUT2D eigenvalue weighted by Crippen LogP contribution is 2.23. The first-order valence-electron chi connectivity index (χ1n) is 8.03. The molecule has 0 aliphatic carbocycles. The Morgan fingerprint density at radius 2 is 1.80 bits per heavy atom. The fraction of sp³-hybridized carbons (Fsp3) is 0.263. The molecule has 2 aromatic rings. The van der Waals surface area contributed by atoms with Crippen molar-refractivity contribution in [1.29, 1.82) is 0 Å². The van der Waals surface area contributed by atoms with Gasteiger partial charge in [-0.05, 0) is 30.7 Å². The Bertz CT molecular complexity index is 749. The number of hydrogen-bond donors (Lipinski definition) is 1. The molecule has 0 aliphatic heterocycles. The third kappa shape index (κ3) is 4.79. The first-order chi connectivity index (χ1) is 12.1. The third-order valence-electron chi connectivity index (χ3n) is 3.60. The van der Waals surface area contributed by atoms with Crippen molar-refractivity contribution < 1.29 is 18.7 Å². The minimum atomic E-state index is -0.598. The number of amides is 2. The molecule has 0 aliphatic rings. The molecule has 25 heavy (non-hydrogen) atoms. The van der Waals surface area contributed by atoms with Gasteiger partial charge in [0.05, 0.1) is 18.4 Å². The van der Waals surface area contributed by atoms with Gasteiger partial charge < -0.3 is 15.0 Å². The van der Waals surface area contributed by atoms with Crippen LogP contribution in [-0.2, 0) is 4.79 Å². The van der Waals surface area contributed by atoms with E-state index >= 15 is 0 Å². The van der Waals surface area contributed by atoms with Gasteiger partial charge in [0.1, 0.15) is 18.1 Å². The fourth-order valence-electron chi connectivity index (χ4n) is 2.44. The Morgan fingerprint density at radius 3 is 2.48 bits per heavy atom. The molecule has 5 nitrogen and oxygen atoms in total. The largest absolute Gasteiger partial charge is 0.495 e. The molecule has 6 heteroatoms. The van der Waals surface area contributed by atoms with Gasteiger partial charge in [0.25, 0.3) is 5.91 Å². The summed E-state index contributed by atoms with van der Waals surface area (Å²) < 4.78 is 19.0. The van der Waals surface area contributed by atoms with Gasteiger partial charge in [-0.1, -0.05) is 31.2 Å². The average Bonchev–Trinajstić information content (AvgIpc) is 2.61. The number of methoxy groups -OCH3 is 1. The summed E-state index contributed by atoms with van der Waals surface area (Å²) >= 11 is 0. The normalized spacial score (nSPS) is 10.2. The summed E-state index contributed by atoms with van der Waals surface area (Å²) in [6.45, 7) is 2.07. The summed E-state index contributed by atoms with van der Waals surface area (Å²) in [7, 11) is 1.51. The number of para-hydroxylation sites is 2. The standard InChI is InChI=1S/C19H21FN2O3/c1-3-12-22(19(24)14-8-4-5-9-15(14)20)13-18(23)21-16-10-6-7-11-17(16)25-2/h4-11H,3,12-13H2,1-2H3,(H,21,23). The van der Waals surface area contributed by atoms with Gasteiger partial charge >= 0.3 is 0 Å². The molecule has 0 saturated carbocycles. The molecular formula is C19H21FN2O3. The summed E-state index contributed by atoms with van der Waals surface area (Å²) in [6, 6.07) is 12.8. The lowest BCUT2D eigenvalue weighted by molar-refractivity contribution is -0.116. The van der Waals surface area contributed by atoms with Crippen molar-refractivity contribution in [2.45, 2.75) is 13.3 Å². The van der Waals surface area contributed by atoms with Crippen LogP contribution >= 0.6 is 0 Å². The van der Waals surface area contributed by atoms with Crippen molar-refractivity contribution >= 4 is 17.5 Å². The maximum atomic E-state index is 13.9. The quantitative estimate of drug-likeness (QED) is 0.838. The number of ether oxygens (including phenoxy) is 1. The summed E-state index contributed by atoms with van der Waals surface area (Å²) in [4.78, 5) is 26.2. The maximum absolute atomic E-state index is 13.9. The molecule has 0 atom stereocenters. The minimum Gasteiger partial charge on any atom is -0.495 e. The number of hydrogen-bond acceptors (Lipinski definition) is 3. The van der Waals surface area contributed by atoms with Gasteiger partial charge in [-0.25, -0.2) is 4.39 Å². The van der Waals surface area contributed by atoms with Crippen LogP contribution in [0.3, 0.4) is 0 Å². The van der Waals surface area contributed by atoms with Crippen molar-refractivity contribution in [3.8, 4) is 5.75 Å². The molecule has 132 valence electrons. The Kier molecular flexibility index (Phi) is 6.51. The monoisotopic (exact) mass is 344 g/mol.